The van der Waals surface area contributed by atoms with Gasteiger partial charge < -0.3 is 10.5 Å². The first-order valence-electron chi connectivity index (χ1n) is 7.34. The minimum Gasteiger partial charge on any atom is -0.369 e. The van der Waals surface area contributed by atoms with Crippen LogP contribution in [0.4, 0.5) is 0 Å². The van der Waals surface area contributed by atoms with Crippen molar-refractivity contribution in [2.45, 2.75) is 63.7 Å². The van der Waals surface area contributed by atoms with E-state index in [-0.39, 0.29) is 12.1 Å². The van der Waals surface area contributed by atoms with Crippen LogP contribution in [0.3, 0.4) is 0 Å². The Morgan fingerprint density at radius 3 is 2.37 bits per heavy atom. The van der Waals surface area contributed by atoms with Crippen molar-refractivity contribution in [3.05, 3.63) is 34.3 Å². The topological polar surface area (TPSA) is 35.2 Å². The van der Waals surface area contributed by atoms with Crippen molar-refractivity contribution in [1.82, 2.24) is 0 Å². The van der Waals surface area contributed by atoms with E-state index < -0.39 is 0 Å². The third kappa shape index (κ3) is 4.30. The fourth-order valence-electron chi connectivity index (χ4n) is 2.77. The summed E-state index contributed by atoms with van der Waals surface area (Å²) in [6.45, 7) is 2.03. The third-order valence-corrected chi connectivity index (χ3v) is 4.55. The van der Waals surface area contributed by atoms with E-state index in [0.29, 0.717) is 6.10 Å². The van der Waals surface area contributed by atoms with Crippen LogP contribution in [0.2, 0.25) is 0 Å². The molecule has 0 saturated heterocycles. The van der Waals surface area contributed by atoms with Crippen LogP contribution in [0.25, 0.3) is 0 Å². The molecule has 2 nitrogen and oxygen atoms in total. The van der Waals surface area contributed by atoms with Gasteiger partial charge in [0.15, 0.2) is 0 Å². The Hall–Kier alpha value is -0.380. The summed E-state index contributed by atoms with van der Waals surface area (Å²) in [5, 5.41) is 0. The molecule has 2 atom stereocenters. The van der Waals surface area contributed by atoms with E-state index in [4.69, 9.17) is 10.5 Å². The molecule has 1 saturated carbocycles. The van der Waals surface area contributed by atoms with Gasteiger partial charge in [0.25, 0.3) is 0 Å². The summed E-state index contributed by atoms with van der Waals surface area (Å²) in [7, 11) is 0. The largest absolute Gasteiger partial charge is 0.369 e. The average molecular weight is 326 g/mol. The molecule has 0 radical (unpaired) electrons. The zero-order valence-corrected chi connectivity index (χ0v) is 13.2. The van der Waals surface area contributed by atoms with Gasteiger partial charge in [0.1, 0.15) is 0 Å². The molecule has 0 aromatic heterocycles. The van der Waals surface area contributed by atoms with Crippen LogP contribution < -0.4 is 5.73 Å². The van der Waals surface area contributed by atoms with E-state index in [1.807, 2.05) is 19.1 Å². The molecule has 2 unspecified atom stereocenters. The molecule has 1 aliphatic rings. The van der Waals surface area contributed by atoms with Crippen LogP contribution in [-0.4, -0.2) is 12.1 Å². The Kier molecular flexibility index (Phi) is 5.86. The highest BCUT2D eigenvalue weighted by molar-refractivity contribution is 9.10. The van der Waals surface area contributed by atoms with Crippen molar-refractivity contribution < 1.29 is 4.74 Å². The minimum absolute atomic E-state index is 0.00181. The molecule has 0 aliphatic heterocycles. The lowest BCUT2D eigenvalue weighted by molar-refractivity contribution is -0.0312. The lowest BCUT2D eigenvalue weighted by atomic mass is 10.0. The highest BCUT2D eigenvalue weighted by atomic mass is 79.9. The highest BCUT2D eigenvalue weighted by Crippen LogP contribution is 2.31. The van der Waals surface area contributed by atoms with E-state index in [2.05, 4.69) is 28.1 Å². The molecule has 3 heteroatoms. The van der Waals surface area contributed by atoms with Crippen molar-refractivity contribution in [3.63, 3.8) is 0 Å². The zero-order valence-electron chi connectivity index (χ0n) is 11.6. The SMILES string of the molecule is CC(N)C(OC1CCCCCC1)c1ccccc1Br. The van der Waals surface area contributed by atoms with Crippen molar-refractivity contribution in [2.75, 3.05) is 0 Å². The second-order valence-electron chi connectivity index (χ2n) is 5.55. The summed E-state index contributed by atoms with van der Waals surface area (Å²) < 4.78 is 7.43. The smallest absolute Gasteiger partial charge is 0.0987 e. The molecule has 1 fully saturated rings. The number of rotatable bonds is 4. The second kappa shape index (κ2) is 7.41. The molecular formula is C16H24BrNO. The second-order valence-corrected chi connectivity index (χ2v) is 6.41. The number of hydrogen-bond acceptors (Lipinski definition) is 2. The highest BCUT2D eigenvalue weighted by Gasteiger charge is 2.24. The van der Waals surface area contributed by atoms with Crippen molar-refractivity contribution in [3.8, 4) is 0 Å². The van der Waals surface area contributed by atoms with E-state index in [0.717, 1.165) is 4.47 Å². The Bertz CT molecular complexity index is 386. The fourth-order valence-corrected chi connectivity index (χ4v) is 3.28. The summed E-state index contributed by atoms with van der Waals surface area (Å²) in [6, 6.07) is 8.24. The Morgan fingerprint density at radius 1 is 1.16 bits per heavy atom. The number of hydrogen-bond donors (Lipinski definition) is 1. The van der Waals surface area contributed by atoms with Gasteiger partial charge >= 0.3 is 0 Å². The average Bonchev–Trinajstić information content (AvgIpc) is 2.65. The molecule has 0 spiro atoms. The quantitative estimate of drug-likeness (QED) is 0.822. The lowest BCUT2D eigenvalue weighted by Crippen LogP contribution is -2.30. The van der Waals surface area contributed by atoms with Gasteiger partial charge in [-0.05, 0) is 31.4 Å². The van der Waals surface area contributed by atoms with Crippen LogP contribution in [0.1, 0.15) is 57.1 Å². The minimum atomic E-state index is -0.0151. The molecule has 1 aromatic rings. The predicted octanol–water partition coefficient (Wildman–Crippen LogP) is 4.58. The first-order chi connectivity index (χ1) is 9.18. The lowest BCUT2D eigenvalue weighted by Gasteiger charge is -2.28. The molecule has 106 valence electrons. The molecule has 0 amide bonds. The zero-order chi connectivity index (χ0) is 13.7. The van der Waals surface area contributed by atoms with Crippen LogP contribution in [-0.2, 0) is 4.74 Å². The normalized spacial score (nSPS) is 20.8. The first-order valence-corrected chi connectivity index (χ1v) is 8.13. The Morgan fingerprint density at radius 2 is 1.79 bits per heavy atom. The molecule has 0 heterocycles. The van der Waals surface area contributed by atoms with Crippen LogP contribution in [0, 0.1) is 0 Å². The van der Waals surface area contributed by atoms with Gasteiger partial charge in [0, 0.05) is 10.5 Å². The molecule has 2 rings (SSSR count). The van der Waals surface area contributed by atoms with E-state index in [9.17, 15) is 0 Å². The molecule has 0 bridgehead atoms. The van der Waals surface area contributed by atoms with Crippen molar-refractivity contribution in [2.24, 2.45) is 5.73 Å². The molecule has 19 heavy (non-hydrogen) atoms. The van der Waals surface area contributed by atoms with Crippen LogP contribution in [0.5, 0.6) is 0 Å². The fraction of sp³-hybridized carbons (Fsp3) is 0.625. The van der Waals surface area contributed by atoms with Gasteiger partial charge in [0.05, 0.1) is 12.2 Å². The van der Waals surface area contributed by atoms with Crippen molar-refractivity contribution in [1.29, 1.82) is 0 Å². The van der Waals surface area contributed by atoms with E-state index in [1.165, 1.54) is 44.1 Å². The first kappa shape index (κ1) is 15.0. The summed E-state index contributed by atoms with van der Waals surface area (Å²) in [5.41, 5.74) is 7.32. The van der Waals surface area contributed by atoms with Crippen molar-refractivity contribution >= 4 is 15.9 Å². The standard InChI is InChI=1S/C16H24BrNO/c1-12(18)16(14-10-6-7-11-15(14)17)19-13-8-4-2-3-5-9-13/h6-7,10-13,16H,2-5,8-9,18H2,1H3. The molecule has 1 aliphatic carbocycles. The van der Waals surface area contributed by atoms with E-state index >= 15 is 0 Å². The number of ether oxygens (including phenoxy) is 1. The third-order valence-electron chi connectivity index (χ3n) is 3.83. The monoisotopic (exact) mass is 325 g/mol. The van der Waals surface area contributed by atoms with Gasteiger partial charge in [-0.2, -0.15) is 0 Å². The van der Waals surface area contributed by atoms with Gasteiger partial charge in [-0.15, -0.1) is 0 Å². The van der Waals surface area contributed by atoms with Crippen LogP contribution in [0.15, 0.2) is 28.7 Å². The molecule has 1 aromatic carbocycles. The summed E-state index contributed by atoms with van der Waals surface area (Å²) >= 11 is 3.61. The molecule has 2 N–H and O–H groups in total. The summed E-state index contributed by atoms with van der Waals surface area (Å²) in [6.07, 6.45) is 7.96. The number of nitrogens with two attached hydrogens (primary N) is 1. The summed E-state index contributed by atoms with van der Waals surface area (Å²) in [5.74, 6) is 0. The number of benzene rings is 1. The molecular weight excluding hydrogens is 302 g/mol. The van der Waals surface area contributed by atoms with Gasteiger partial charge in [-0.1, -0.05) is 59.8 Å². The maximum absolute atomic E-state index is 6.34. The maximum Gasteiger partial charge on any atom is 0.0987 e. The van der Waals surface area contributed by atoms with E-state index in [1.54, 1.807) is 0 Å². The van der Waals surface area contributed by atoms with Gasteiger partial charge in [0.2, 0.25) is 0 Å². The Labute approximate surface area is 124 Å². The van der Waals surface area contributed by atoms with Crippen LogP contribution >= 0.6 is 15.9 Å². The predicted molar refractivity (Wildman–Crippen MR) is 83.1 cm³/mol. The van der Waals surface area contributed by atoms with Gasteiger partial charge in [-0.3, -0.25) is 0 Å². The summed E-state index contributed by atoms with van der Waals surface area (Å²) in [4.78, 5) is 0. The number of halogens is 1. The van der Waals surface area contributed by atoms with Gasteiger partial charge in [-0.25, -0.2) is 0 Å². The maximum atomic E-state index is 6.34. The Balaban J connectivity index is 2.10.